The summed E-state index contributed by atoms with van der Waals surface area (Å²) in [5.41, 5.74) is 0. The Morgan fingerprint density at radius 1 is 1.40 bits per heavy atom. The zero-order valence-electron chi connectivity index (χ0n) is 11.4. The van der Waals surface area contributed by atoms with Gasteiger partial charge in [0.2, 0.25) is 10.0 Å². The van der Waals surface area contributed by atoms with Crippen LogP contribution in [0.5, 0.6) is 5.75 Å². The lowest BCUT2D eigenvalue weighted by Crippen LogP contribution is -2.47. The van der Waals surface area contributed by atoms with Gasteiger partial charge in [0.15, 0.2) is 0 Å². The minimum absolute atomic E-state index is 0.0400. The van der Waals surface area contributed by atoms with Gasteiger partial charge in [-0.3, -0.25) is 4.90 Å². The molecule has 20 heavy (non-hydrogen) atoms. The number of aromatic hydroxyl groups is 1. The van der Waals surface area contributed by atoms with Crippen LogP contribution in [0.15, 0.2) is 29.2 Å². The fourth-order valence-electron chi connectivity index (χ4n) is 2.10. The Kier molecular flexibility index (Phi) is 4.98. The van der Waals surface area contributed by atoms with Crippen molar-refractivity contribution in [2.45, 2.75) is 17.9 Å². The highest BCUT2D eigenvalue weighted by Crippen LogP contribution is 2.14. The third-order valence-electron chi connectivity index (χ3n) is 3.32. The monoisotopic (exact) mass is 300 g/mol. The zero-order chi connectivity index (χ0) is 14.6. The maximum Gasteiger partial charge on any atom is 0.240 e. The normalized spacial score (nSPS) is 20.9. The Hall–Kier alpha value is -1.15. The van der Waals surface area contributed by atoms with Crippen LogP contribution >= 0.6 is 0 Å². The van der Waals surface area contributed by atoms with Crippen molar-refractivity contribution in [1.29, 1.82) is 0 Å². The average molecular weight is 300 g/mol. The topological polar surface area (TPSA) is 78.9 Å². The molecule has 0 aliphatic carbocycles. The molecule has 1 saturated heterocycles. The Balaban J connectivity index is 1.94. The molecular weight excluding hydrogens is 280 g/mol. The number of ether oxygens (including phenoxy) is 1. The van der Waals surface area contributed by atoms with E-state index < -0.39 is 10.0 Å². The maximum absolute atomic E-state index is 12.1. The molecule has 1 fully saturated rings. The molecule has 1 aromatic carbocycles. The summed E-state index contributed by atoms with van der Waals surface area (Å²) in [5, 5.41) is 9.17. The van der Waals surface area contributed by atoms with Gasteiger partial charge in [0.1, 0.15) is 5.75 Å². The Bertz CT molecular complexity index is 530. The first kappa shape index (κ1) is 15.2. The van der Waals surface area contributed by atoms with E-state index in [0.717, 1.165) is 19.6 Å². The van der Waals surface area contributed by atoms with E-state index in [1.807, 2.05) is 0 Å². The summed E-state index contributed by atoms with van der Waals surface area (Å²) in [4.78, 5) is 2.36. The molecule has 2 rings (SSSR count). The second kappa shape index (κ2) is 6.53. The third-order valence-corrected chi connectivity index (χ3v) is 4.76. The van der Waals surface area contributed by atoms with Crippen molar-refractivity contribution < 1.29 is 18.3 Å². The summed E-state index contributed by atoms with van der Waals surface area (Å²) < 4.78 is 32.3. The Labute approximate surface area is 119 Å². The van der Waals surface area contributed by atoms with Crippen LogP contribution < -0.4 is 4.72 Å². The summed E-state index contributed by atoms with van der Waals surface area (Å²) in [7, 11) is -3.56. The van der Waals surface area contributed by atoms with E-state index in [1.165, 1.54) is 24.3 Å². The highest BCUT2D eigenvalue weighted by atomic mass is 32.2. The van der Waals surface area contributed by atoms with Crippen LogP contribution in [-0.4, -0.2) is 57.3 Å². The van der Waals surface area contributed by atoms with Crippen LogP contribution in [0.3, 0.4) is 0 Å². The van der Waals surface area contributed by atoms with Crippen molar-refractivity contribution >= 4 is 10.0 Å². The zero-order valence-corrected chi connectivity index (χ0v) is 12.3. The van der Waals surface area contributed by atoms with E-state index >= 15 is 0 Å². The summed E-state index contributed by atoms with van der Waals surface area (Å²) >= 11 is 0. The van der Waals surface area contributed by atoms with Crippen molar-refractivity contribution in [1.82, 2.24) is 9.62 Å². The number of phenolic OH excluding ortho intramolecular Hbond substituents is 1. The number of benzene rings is 1. The third kappa shape index (κ3) is 3.92. The van der Waals surface area contributed by atoms with Crippen LogP contribution in [-0.2, 0) is 14.8 Å². The molecule has 0 saturated carbocycles. The van der Waals surface area contributed by atoms with Gasteiger partial charge in [-0.2, -0.15) is 0 Å². The van der Waals surface area contributed by atoms with Gasteiger partial charge in [-0.15, -0.1) is 0 Å². The van der Waals surface area contributed by atoms with E-state index in [-0.39, 0.29) is 23.3 Å². The summed E-state index contributed by atoms with van der Waals surface area (Å²) in [5.74, 6) is 0.0400. The molecule has 0 spiro atoms. The molecule has 0 radical (unpaired) electrons. The predicted octanol–water partition coefficient (Wildman–Crippen LogP) is 0.391. The van der Waals surface area contributed by atoms with E-state index in [4.69, 9.17) is 4.74 Å². The first-order valence-corrected chi connectivity index (χ1v) is 8.12. The lowest BCUT2D eigenvalue weighted by Gasteiger charge is -2.32. The highest BCUT2D eigenvalue weighted by molar-refractivity contribution is 7.89. The number of rotatable bonds is 5. The SMILES string of the molecule is CCN1CCOC(CNS(=O)(=O)c2ccc(O)cc2)C1. The lowest BCUT2D eigenvalue weighted by molar-refractivity contribution is -0.0229. The van der Waals surface area contributed by atoms with Crippen molar-refractivity contribution in [3.8, 4) is 5.75 Å². The first-order chi connectivity index (χ1) is 9.51. The van der Waals surface area contributed by atoms with Crippen molar-refractivity contribution in [2.75, 3.05) is 32.8 Å². The molecule has 0 aromatic heterocycles. The van der Waals surface area contributed by atoms with Crippen molar-refractivity contribution in [2.24, 2.45) is 0 Å². The Morgan fingerprint density at radius 3 is 2.75 bits per heavy atom. The second-order valence-electron chi connectivity index (χ2n) is 4.73. The minimum atomic E-state index is -3.56. The Morgan fingerprint density at radius 2 is 2.10 bits per heavy atom. The van der Waals surface area contributed by atoms with E-state index in [2.05, 4.69) is 16.5 Å². The lowest BCUT2D eigenvalue weighted by atomic mass is 10.3. The average Bonchev–Trinajstić information content (AvgIpc) is 2.46. The molecule has 0 bridgehead atoms. The van der Waals surface area contributed by atoms with E-state index in [9.17, 15) is 13.5 Å². The molecule has 1 atom stereocenters. The van der Waals surface area contributed by atoms with Crippen LogP contribution in [0, 0.1) is 0 Å². The molecule has 0 amide bonds. The fraction of sp³-hybridized carbons (Fsp3) is 0.538. The molecule has 1 heterocycles. The number of sulfonamides is 1. The number of hydrogen-bond acceptors (Lipinski definition) is 5. The predicted molar refractivity (Wildman–Crippen MR) is 75.1 cm³/mol. The van der Waals surface area contributed by atoms with Gasteiger partial charge in [-0.25, -0.2) is 13.1 Å². The van der Waals surface area contributed by atoms with Gasteiger partial charge in [-0.1, -0.05) is 6.92 Å². The van der Waals surface area contributed by atoms with Crippen LogP contribution in [0.25, 0.3) is 0 Å². The van der Waals surface area contributed by atoms with Gasteiger partial charge in [-0.05, 0) is 30.8 Å². The van der Waals surface area contributed by atoms with Gasteiger partial charge < -0.3 is 9.84 Å². The van der Waals surface area contributed by atoms with Crippen LogP contribution in [0.1, 0.15) is 6.92 Å². The summed E-state index contributed by atoms with van der Waals surface area (Å²) in [6.07, 6.45) is -0.129. The van der Waals surface area contributed by atoms with Gasteiger partial charge >= 0.3 is 0 Å². The van der Waals surface area contributed by atoms with Gasteiger partial charge in [0.05, 0.1) is 17.6 Å². The maximum atomic E-state index is 12.1. The van der Waals surface area contributed by atoms with Crippen LogP contribution in [0.4, 0.5) is 0 Å². The van der Waals surface area contributed by atoms with Gasteiger partial charge in [0, 0.05) is 19.6 Å². The molecule has 6 nitrogen and oxygen atoms in total. The van der Waals surface area contributed by atoms with Crippen molar-refractivity contribution in [3.63, 3.8) is 0 Å². The number of hydrogen-bond donors (Lipinski definition) is 2. The van der Waals surface area contributed by atoms with E-state index in [0.29, 0.717) is 6.61 Å². The molecule has 2 N–H and O–H groups in total. The molecular formula is C13H20N2O4S. The van der Waals surface area contributed by atoms with E-state index in [1.54, 1.807) is 0 Å². The molecule has 7 heteroatoms. The van der Waals surface area contributed by atoms with Gasteiger partial charge in [0.25, 0.3) is 0 Å². The molecule has 1 aromatic rings. The number of likely N-dealkylation sites (N-methyl/N-ethyl adjacent to an activating group) is 1. The molecule has 1 aliphatic rings. The number of phenols is 1. The highest BCUT2D eigenvalue weighted by Gasteiger charge is 2.22. The number of morpholine rings is 1. The number of nitrogens with zero attached hydrogens (tertiary/aromatic N) is 1. The quantitative estimate of drug-likeness (QED) is 0.822. The molecule has 1 aliphatic heterocycles. The first-order valence-electron chi connectivity index (χ1n) is 6.64. The minimum Gasteiger partial charge on any atom is -0.508 e. The molecule has 112 valence electrons. The smallest absolute Gasteiger partial charge is 0.240 e. The number of nitrogens with one attached hydrogen (secondary N) is 1. The summed E-state index contributed by atoms with van der Waals surface area (Å²) in [6, 6.07) is 5.45. The summed E-state index contributed by atoms with van der Waals surface area (Å²) in [6.45, 7) is 5.50. The van der Waals surface area contributed by atoms with Crippen molar-refractivity contribution in [3.05, 3.63) is 24.3 Å². The molecule has 1 unspecified atom stereocenters. The second-order valence-corrected chi connectivity index (χ2v) is 6.50. The fourth-order valence-corrected chi connectivity index (χ4v) is 3.17. The largest absolute Gasteiger partial charge is 0.508 e. The standard InChI is InChI=1S/C13H20N2O4S/c1-2-15-7-8-19-12(10-15)9-14-20(17,18)13-5-3-11(16)4-6-13/h3-6,12,14,16H,2,7-10H2,1H3. The van der Waals surface area contributed by atoms with Crippen LogP contribution in [0.2, 0.25) is 0 Å².